The maximum absolute atomic E-state index is 12.5. The number of likely N-dealkylation sites (tertiary alicyclic amines) is 2. The van der Waals surface area contributed by atoms with Gasteiger partial charge in [0.2, 0.25) is 5.91 Å². The van der Waals surface area contributed by atoms with Crippen molar-refractivity contribution < 1.29 is 9.53 Å². The minimum absolute atomic E-state index is 0.245. The molecule has 1 amide bonds. The monoisotopic (exact) mass is 346 g/mol. The summed E-state index contributed by atoms with van der Waals surface area (Å²) in [5.41, 5.74) is 1.10. The molecule has 0 aliphatic carbocycles. The van der Waals surface area contributed by atoms with E-state index in [-0.39, 0.29) is 12.0 Å². The van der Waals surface area contributed by atoms with E-state index in [1.807, 2.05) is 23.2 Å². The minimum atomic E-state index is 0.245. The minimum Gasteiger partial charge on any atom is -0.373 e. The van der Waals surface area contributed by atoms with Crippen molar-refractivity contribution in [1.29, 1.82) is 0 Å². The number of hydrogen-bond donors (Lipinski definition) is 0. The van der Waals surface area contributed by atoms with Gasteiger partial charge in [-0.3, -0.25) is 14.7 Å². The lowest BCUT2D eigenvalue weighted by molar-refractivity contribution is -0.135. The van der Waals surface area contributed by atoms with Crippen molar-refractivity contribution in [3.8, 4) is 0 Å². The van der Waals surface area contributed by atoms with Crippen molar-refractivity contribution in [2.24, 2.45) is 0 Å². The molecule has 1 unspecified atom stereocenters. The maximum Gasteiger partial charge on any atom is 0.236 e. The molecule has 6 heteroatoms. The molecular formula is C19H30N4O2. The summed E-state index contributed by atoms with van der Waals surface area (Å²) < 4.78 is 5.98. The number of carbonyl (C=O) groups is 1. The second-order valence-electron chi connectivity index (χ2n) is 7.39. The van der Waals surface area contributed by atoms with Crippen LogP contribution in [0.2, 0.25) is 0 Å². The fourth-order valence-corrected chi connectivity index (χ4v) is 3.64. The van der Waals surface area contributed by atoms with E-state index in [9.17, 15) is 4.79 Å². The number of piperidine rings is 1. The number of nitrogens with zero attached hydrogens (tertiary/aromatic N) is 4. The molecule has 1 aromatic rings. The summed E-state index contributed by atoms with van der Waals surface area (Å²) in [6.07, 6.45) is 6.86. The average molecular weight is 346 g/mol. The molecule has 2 fully saturated rings. The van der Waals surface area contributed by atoms with Gasteiger partial charge in [-0.15, -0.1) is 0 Å². The van der Waals surface area contributed by atoms with Gasteiger partial charge < -0.3 is 14.5 Å². The molecule has 2 aliphatic rings. The van der Waals surface area contributed by atoms with Gasteiger partial charge in [-0.05, 0) is 45.0 Å². The molecule has 2 saturated heterocycles. The third-order valence-corrected chi connectivity index (χ3v) is 5.34. The fourth-order valence-electron chi connectivity index (χ4n) is 3.64. The lowest BCUT2D eigenvalue weighted by atomic mass is 10.1. The molecule has 1 aromatic heterocycles. The molecule has 6 nitrogen and oxygen atoms in total. The van der Waals surface area contributed by atoms with Crippen LogP contribution in [-0.4, -0.2) is 84.6 Å². The van der Waals surface area contributed by atoms with Gasteiger partial charge in [0.05, 0.1) is 19.3 Å². The number of amides is 1. The molecule has 0 aromatic carbocycles. The van der Waals surface area contributed by atoms with Crippen LogP contribution in [0.15, 0.2) is 24.5 Å². The highest BCUT2D eigenvalue weighted by atomic mass is 16.5. The Morgan fingerprint density at radius 1 is 1.28 bits per heavy atom. The molecule has 138 valence electrons. The van der Waals surface area contributed by atoms with Gasteiger partial charge in [0, 0.05) is 44.6 Å². The quantitative estimate of drug-likeness (QED) is 0.775. The first kappa shape index (κ1) is 18.3. The van der Waals surface area contributed by atoms with Crippen molar-refractivity contribution in [2.45, 2.75) is 38.0 Å². The Hall–Kier alpha value is -1.50. The van der Waals surface area contributed by atoms with Crippen LogP contribution < -0.4 is 0 Å². The molecule has 25 heavy (non-hydrogen) atoms. The Morgan fingerprint density at radius 3 is 2.72 bits per heavy atom. The zero-order valence-corrected chi connectivity index (χ0v) is 15.4. The zero-order valence-electron chi connectivity index (χ0n) is 15.4. The predicted molar refractivity (Wildman–Crippen MR) is 97.2 cm³/mol. The zero-order chi connectivity index (χ0) is 17.6. The van der Waals surface area contributed by atoms with Gasteiger partial charge in [0.1, 0.15) is 0 Å². The molecule has 0 N–H and O–H groups in total. The second-order valence-corrected chi connectivity index (χ2v) is 7.39. The maximum atomic E-state index is 12.5. The van der Waals surface area contributed by atoms with Crippen LogP contribution in [0, 0.1) is 0 Å². The van der Waals surface area contributed by atoms with Crippen molar-refractivity contribution >= 4 is 5.91 Å². The Labute approximate surface area is 150 Å². The largest absolute Gasteiger partial charge is 0.373 e. The lowest BCUT2D eigenvalue weighted by Gasteiger charge is -2.33. The lowest BCUT2D eigenvalue weighted by Crippen LogP contribution is -2.45. The highest BCUT2D eigenvalue weighted by molar-refractivity contribution is 5.78. The van der Waals surface area contributed by atoms with Gasteiger partial charge >= 0.3 is 0 Å². The number of likely N-dealkylation sites (N-methyl/N-ethyl adjacent to an activating group) is 1. The van der Waals surface area contributed by atoms with Crippen LogP contribution in [-0.2, 0) is 16.1 Å². The van der Waals surface area contributed by atoms with Crippen molar-refractivity contribution in [1.82, 2.24) is 19.7 Å². The molecule has 0 radical (unpaired) electrons. The Balaban J connectivity index is 1.36. The number of aromatic nitrogens is 1. The van der Waals surface area contributed by atoms with Crippen molar-refractivity contribution in [2.75, 3.05) is 46.8 Å². The van der Waals surface area contributed by atoms with E-state index in [2.05, 4.69) is 28.9 Å². The van der Waals surface area contributed by atoms with E-state index in [0.717, 1.165) is 51.0 Å². The highest BCUT2D eigenvalue weighted by Crippen LogP contribution is 2.17. The van der Waals surface area contributed by atoms with Crippen LogP contribution in [0.1, 0.15) is 24.8 Å². The molecule has 0 saturated carbocycles. The molecule has 3 rings (SSSR count). The topological polar surface area (TPSA) is 48.9 Å². The third-order valence-electron chi connectivity index (χ3n) is 5.34. The first-order valence-electron chi connectivity index (χ1n) is 9.29. The van der Waals surface area contributed by atoms with Crippen LogP contribution in [0.25, 0.3) is 0 Å². The number of hydrogen-bond acceptors (Lipinski definition) is 5. The summed E-state index contributed by atoms with van der Waals surface area (Å²) >= 11 is 0. The van der Waals surface area contributed by atoms with Crippen LogP contribution >= 0.6 is 0 Å². The van der Waals surface area contributed by atoms with Crippen LogP contribution in [0.3, 0.4) is 0 Å². The van der Waals surface area contributed by atoms with Gasteiger partial charge in [-0.25, -0.2) is 0 Å². The van der Waals surface area contributed by atoms with Crippen LogP contribution in [0.4, 0.5) is 0 Å². The molecule has 2 aliphatic heterocycles. The summed E-state index contributed by atoms with van der Waals surface area (Å²) in [5, 5.41) is 0. The first-order chi connectivity index (χ1) is 12.1. The number of pyridine rings is 1. The molecule has 1 atom stereocenters. The van der Waals surface area contributed by atoms with Crippen molar-refractivity contribution in [3.63, 3.8) is 0 Å². The average Bonchev–Trinajstić information content (AvgIpc) is 3.10. The van der Waals surface area contributed by atoms with Gasteiger partial charge in [-0.2, -0.15) is 0 Å². The predicted octanol–water partition coefficient (Wildman–Crippen LogP) is 1.23. The van der Waals surface area contributed by atoms with Gasteiger partial charge in [-0.1, -0.05) is 6.07 Å². The van der Waals surface area contributed by atoms with Crippen molar-refractivity contribution in [3.05, 3.63) is 30.1 Å². The molecule has 0 bridgehead atoms. The van der Waals surface area contributed by atoms with E-state index in [1.54, 1.807) is 6.20 Å². The van der Waals surface area contributed by atoms with Gasteiger partial charge in [0.25, 0.3) is 0 Å². The highest BCUT2D eigenvalue weighted by Gasteiger charge is 2.28. The Morgan fingerprint density at radius 2 is 2.08 bits per heavy atom. The standard InChI is InChI=1S/C19H30N4O2/c1-21(2)17-5-9-22(13-17)14-19(24)23-10-6-18(7-11-23)25-15-16-4-3-8-20-12-16/h3-4,8,12,17-18H,5-7,9-11,13-15H2,1-2H3. The van der Waals surface area contributed by atoms with Crippen LogP contribution in [0.5, 0.6) is 0 Å². The second kappa shape index (κ2) is 8.74. The van der Waals surface area contributed by atoms with Gasteiger partial charge in [0.15, 0.2) is 0 Å². The smallest absolute Gasteiger partial charge is 0.236 e. The third kappa shape index (κ3) is 5.23. The van der Waals surface area contributed by atoms with E-state index >= 15 is 0 Å². The molecular weight excluding hydrogens is 316 g/mol. The fraction of sp³-hybridized carbons (Fsp3) is 0.684. The number of carbonyl (C=O) groups excluding carboxylic acids is 1. The summed E-state index contributed by atoms with van der Waals surface area (Å²) in [6.45, 7) is 4.81. The first-order valence-corrected chi connectivity index (χ1v) is 9.29. The summed E-state index contributed by atoms with van der Waals surface area (Å²) in [7, 11) is 4.23. The molecule has 3 heterocycles. The molecule has 0 spiro atoms. The number of ether oxygens (including phenoxy) is 1. The van der Waals surface area contributed by atoms with E-state index in [4.69, 9.17) is 4.74 Å². The summed E-state index contributed by atoms with van der Waals surface area (Å²) in [6, 6.07) is 4.54. The normalized spacial score (nSPS) is 22.7. The summed E-state index contributed by atoms with van der Waals surface area (Å²) in [4.78, 5) is 23.2. The van der Waals surface area contributed by atoms with E-state index < -0.39 is 0 Å². The van der Waals surface area contributed by atoms with E-state index in [1.165, 1.54) is 0 Å². The Kier molecular flexibility index (Phi) is 6.39. The Bertz CT molecular complexity index is 544. The van der Waals surface area contributed by atoms with E-state index in [0.29, 0.717) is 19.2 Å². The number of rotatable bonds is 6. The summed E-state index contributed by atoms with van der Waals surface area (Å²) in [5.74, 6) is 0.269. The SMILES string of the molecule is CN(C)C1CCN(CC(=O)N2CCC(OCc3cccnc3)CC2)C1.